The number of fused-ring (bicyclic) bond motifs is 1. The first-order valence-corrected chi connectivity index (χ1v) is 16.9. The number of nitrogens with one attached hydrogen (secondary N) is 1. The van der Waals surface area contributed by atoms with Gasteiger partial charge in [-0.2, -0.15) is 0 Å². The molecule has 47 heavy (non-hydrogen) atoms. The first-order chi connectivity index (χ1) is 22.9. The van der Waals surface area contributed by atoms with Gasteiger partial charge in [-0.25, -0.2) is 0 Å². The molecule has 2 aliphatic rings. The number of rotatable bonds is 12. The Kier molecular flexibility index (Phi) is 9.89. The predicted molar refractivity (Wildman–Crippen MR) is 184 cm³/mol. The van der Waals surface area contributed by atoms with Crippen molar-refractivity contribution in [1.29, 1.82) is 0 Å². The molecule has 0 saturated carbocycles. The number of thiophene rings is 1. The number of anilines is 1. The summed E-state index contributed by atoms with van der Waals surface area (Å²) in [5.74, 6) is 0.324. The second-order valence-corrected chi connectivity index (χ2v) is 12.7. The van der Waals surface area contributed by atoms with Gasteiger partial charge in [0.1, 0.15) is 0 Å². The fourth-order valence-corrected chi connectivity index (χ4v) is 7.26. The van der Waals surface area contributed by atoms with Gasteiger partial charge in [-0.15, -0.1) is 11.3 Å². The van der Waals surface area contributed by atoms with Crippen molar-refractivity contribution < 1.29 is 23.9 Å². The van der Waals surface area contributed by atoms with Gasteiger partial charge in [0.15, 0.2) is 11.5 Å². The van der Waals surface area contributed by atoms with Gasteiger partial charge in [0.25, 0.3) is 17.7 Å². The van der Waals surface area contributed by atoms with Gasteiger partial charge in [-0.05, 0) is 66.6 Å². The van der Waals surface area contributed by atoms with Crippen molar-refractivity contribution >= 4 is 34.7 Å². The van der Waals surface area contributed by atoms with E-state index in [9.17, 15) is 14.4 Å². The van der Waals surface area contributed by atoms with Crippen LogP contribution in [-0.4, -0.2) is 74.5 Å². The summed E-state index contributed by atoms with van der Waals surface area (Å²) in [5.41, 5.74) is 3.71. The molecule has 9 nitrogen and oxygen atoms in total. The summed E-state index contributed by atoms with van der Waals surface area (Å²) in [6, 6.07) is 24.9. The topological polar surface area (TPSA) is 91.4 Å². The Balaban J connectivity index is 1.23. The molecule has 0 aliphatic carbocycles. The molecule has 1 aromatic heterocycles. The molecule has 4 aromatic rings. The highest BCUT2D eigenvalue weighted by Gasteiger charge is 2.43. The smallest absolute Gasteiger partial charge is 0.264 e. The molecule has 3 heterocycles. The highest BCUT2D eigenvalue weighted by Crippen LogP contribution is 2.40. The first-order valence-electron chi connectivity index (χ1n) is 16.0. The summed E-state index contributed by atoms with van der Waals surface area (Å²) in [7, 11) is 3.13. The van der Waals surface area contributed by atoms with E-state index in [0.29, 0.717) is 46.9 Å². The molecule has 1 saturated heterocycles. The van der Waals surface area contributed by atoms with E-state index in [0.717, 1.165) is 37.4 Å². The van der Waals surface area contributed by atoms with Crippen LogP contribution in [0.15, 0.2) is 84.2 Å². The van der Waals surface area contributed by atoms with E-state index in [1.165, 1.54) is 21.8 Å². The van der Waals surface area contributed by atoms with Gasteiger partial charge in [0.05, 0.1) is 42.0 Å². The van der Waals surface area contributed by atoms with Crippen molar-refractivity contribution in [3.63, 3.8) is 0 Å². The third-order valence-electron chi connectivity index (χ3n) is 9.20. The summed E-state index contributed by atoms with van der Waals surface area (Å²) in [6.07, 6.45) is 1.01. The van der Waals surface area contributed by atoms with E-state index < -0.39 is 6.04 Å². The molecule has 244 valence electrons. The molecular formula is C37H40N4O5S. The third-order valence-corrected chi connectivity index (χ3v) is 10.1. The number of benzene rings is 3. The Labute approximate surface area is 279 Å². The molecule has 10 heteroatoms. The van der Waals surface area contributed by atoms with Crippen LogP contribution in [0.1, 0.15) is 73.4 Å². The lowest BCUT2D eigenvalue weighted by Crippen LogP contribution is -2.47. The summed E-state index contributed by atoms with van der Waals surface area (Å²) < 4.78 is 11.0. The summed E-state index contributed by atoms with van der Waals surface area (Å²) in [4.78, 5) is 47.7. The Morgan fingerprint density at radius 1 is 0.851 bits per heavy atom. The number of methoxy groups -OCH3 is 2. The molecule has 2 aliphatic heterocycles. The lowest BCUT2D eigenvalue weighted by Gasteiger charge is -2.39. The maximum absolute atomic E-state index is 14.4. The molecule has 0 radical (unpaired) electrons. The minimum atomic E-state index is -0.572. The molecule has 6 rings (SSSR count). The van der Waals surface area contributed by atoms with Crippen LogP contribution in [0.5, 0.6) is 11.5 Å². The van der Waals surface area contributed by atoms with Crippen LogP contribution < -0.4 is 19.7 Å². The highest BCUT2D eigenvalue weighted by molar-refractivity contribution is 7.12. The van der Waals surface area contributed by atoms with Crippen LogP contribution in [0, 0.1) is 0 Å². The van der Waals surface area contributed by atoms with Crippen molar-refractivity contribution in [2.24, 2.45) is 0 Å². The first kappa shape index (κ1) is 32.3. The lowest BCUT2D eigenvalue weighted by molar-refractivity contribution is 0.0570. The SMILES string of the molecule is COc1ccc(C(CCCNC(=O)c2cccs2)N2C(=O)c3cccc(N4CCN([C@H](C)c5ccccc5)CC4)c3C2=O)cc1OC. The number of ether oxygens (including phenoxy) is 2. The molecule has 0 spiro atoms. The summed E-state index contributed by atoms with van der Waals surface area (Å²) >= 11 is 1.39. The fourth-order valence-electron chi connectivity index (χ4n) is 6.62. The Morgan fingerprint density at radius 2 is 1.62 bits per heavy atom. The maximum Gasteiger partial charge on any atom is 0.264 e. The number of imide groups is 1. The molecule has 0 bridgehead atoms. The summed E-state index contributed by atoms with van der Waals surface area (Å²) in [6.45, 7) is 5.82. The average Bonchev–Trinajstić information content (AvgIpc) is 3.75. The molecule has 1 N–H and O–H groups in total. The number of piperazine rings is 1. The number of nitrogens with zero attached hydrogens (tertiary/aromatic N) is 3. The molecule has 3 aromatic carbocycles. The van der Waals surface area contributed by atoms with Gasteiger partial charge < -0.3 is 19.7 Å². The monoisotopic (exact) mass is 652 g/mol. The molecule has 1 unspecified atom stereocenters. The van der Waals surface area contributed by atoms with E-state index in [1.54, 1.807) is 32.4 Å². The van der Waals surface area contributed by atoms with Crippen LogP contribution >= 0.6 is 11.3 Å². The minimum Gasteiger partial charge on any atom is -0.493 e. The van der Waals surface area contributed by atoms with Crippen LogP contribution in [0.25, 0.3) is 0 Å². The molecule has 3 amide bonds. The van der Waals surface area contributed by atoms with Crippen LogP contribution in [0.4, 0.5) is 5.69 Å². The number of hydrogen-bond donors (Lipinski definition) is 1. The second kappa shape index (κ2) is 14.4. The van der Waals surface area contributed by atoms with E-state index in [-0.39, 0.29) is 23.8 Å². The summed E-state index contributed by atoms with van der Waals surface area (Å²) in [5, 5.41) is 4.83. The van der Waals surface area contributed by atoms with Gasteiger partial charge in [0.2, 0.25) is 0 Å². The second-order valence-electron chi connectivity index (χ2n) is 11.8. The Bertz CT molecular complexity index is 1720. The zero-order chi connectivity index (χ0) is 32.9. The quantitative estimate of drug-likeness (QED) is 0.144. The largest absolute Gasteiger partial charge is 0.493 e. The van der Waals surface area contributed by atoms with E-state index in [2.05, 4.69) is 46.3 Å². The number of amides is 3. The van der Waals surface area contributed by atoms with Crippen molar-refractivity contribution in [1.82, 2.24) is 15.1 Å². The maximum atomic E-state index is 14.4. The van der Waals surface area contributed by atoms with E-state index in [1.807, 2.05) is 41.8 Å². The molecule has 1 fully saturated rings. The van der Waals surface area contributed by atoms with Crippen LogP contribution in [0.2, 0.25) is 0 Å². The van der Waals surface area contributed by atoms with Crippen molar-refractivity contribution in [2.45, 2.75) is 31.8 Å². The van der Waals surface area contributed by atoms with Gasteiger partial charge >= 0.3 is 0 Å². The van der Waals surface area contributed by atoms with E-state index in [4.69, 9.17) is 9.47 Å². The van der Waals surface area contributed by atoms with Gasteiger partial charge in [-0.3, -0.25) is 24.2 Å². The van der Waals surface area contributed by atoms with Gasteiger partial charge in [0, 0.05) is 38.8 Å². The average molecular weight is 653 g/mol. The van der Waals surface area contributed by atoms with Crippen LogP contribution in [0.3, 0.4) is 0 Å². The number of hydrogen-bond acceptors (Lipinski definition) is 8. The predicted octanol–water partition coefficient (Wildman–Crippen LogP) is 6.20. The van der Waals surface area contributed by atoms with Crippen molar-refractivity contribution in [3.05, 3.63) is 111 Å². The highest BCUT2D eigenvalue weighted by atomic mass is 32.1. The Morgan fingerprint density at radius 3 is 2.32 bits per heavy atom. The zero-order valence-electron chi connectivity index (χ0n) is 27.0. The molecular weight excluding hydrogens is 612 g/mol. The van der Waals surface area contributed by atoms with Gasteiger partial charge in [-0.1, -0.05) is 48.5 Å². The third kappa shape index (κ3) is 6.61. The normalized spacial score (nSPS) is 16.1. The Hall–Kier alpha value is -4.67. The van der Waals surface area contributed by atoms with E-state index >= 15 is 0 Å². The standard InChI is InChI=1S/C37H40N4O5S/c1-25(26-10-5-4-6-11-26)39-19-21-40(22-20-39)30-13-7-12-28-34(30)37(44)41(36(28)43)29(27-16-17-31(45-2)32(24-27)46-3)14-8-18-38-35(42)33-15-9-23-47-33/h4-7,9-13,15-17,23-25,29H,8,14,18-22H2,1-3H3,(H,38,42)/t25-,29?/m1/s1. The van der Waals surface area contributed by atoms with Crippen molar-refractivity contribution in [2.75, 3.05) is 51.8 Å². The molecule has 2 atom stereocenters. The fraction of sp³-hybridized carbons (Fsp3) is 0.324. The lowest BCUT2D eigenvalue weighted by atomic mass is 9.99. The number of carbonyl (C=O) groups is 3. The zero-order valence-corrected chi connectivity index (χ0v) is 27.8. The minimum absolute atomic E-state index is 0.133. The number of carbonyl (C=O) groups excluding carboxylic acids is 3. The van der Waals surface area contributed by atoms with Crippen molar-refractivity contribution in [3.8, 4) is 11.5 Å². The van der Waals surface area contributed by atoms with Crippen LogP contribution in [-0.2, 0) is 0 Å².